The van der Waals surface area contributed by atoms with E-state index in [9.17, 15) is 35.9 Å². The smallest absolute Gasteiger partial charge is 0.379 e. The van der Waals surface area contributed by atoms with Gasteiger partial charge in [-0.3, -0.25) is 28.5 Å². The van der Waals surface area contributed by atoms with Crippen molar-refractivity contribution in [1.29, 1.82) is 0 Å². The van der Waals surface area contributed by atoms with Crippen molar-refractivity contribution >= 4 is 69.7 Å². The number of aryl methyl sites for hydroxylation is 1. The van der Waals surface area contributed by atoms with Gasteiger partial charge in [-0.1, -0.05) is 29.8 Å². The predicted octanol–water partition coefficient (Wildman–Crippen LogP) is 9.71. The van der Waals surface area contributed by atoms with Crippen LogP contribution in [0.3, 0.4) is 0 Å². The molecule has 0 spiro atoms. The first-order chi connectivity index (χ1) is 40.0. The van der Waals surface area contributed by atoms with Crippen molar-refractivity contribution < 1.29 is 45.4 Å². The maximum Gasteiger partial charge on any atom is 0.417 e. The monoisotopic (exact) mass is 1160 g/mol. The zero-order valence-electron chi connectivity index (χ0n) is 44.5. The number of hydrogen-bond donors (Lipinski definition) is 6. The van der Waals surface area contributed by atoms with Gasteiger partial charge in [-0.05, 0) is 78.7 Å². The number of rotatable bonds is 20. The Morgan fingerprint density at radius 3 is 1.84 bits per heavy atom. The molecular formula is C56H55ClF6N16O4. The summed E-state index contributed by atoms with van der Waals surface area (Å²) in [4.78, 5) is 59.8. The first-order valence-electron chi connectivity index (χ1n) is 26.3. The van der Waals surface area contributed by atoms with Crippen molar-refractivity contribution in [2.24, 2.45) is 0 Å². The molecule has 2 aliphatic heterocycles. The number of carbonyl (C=O) groups excluding carboxylic acids is 2. The number of halogens is 7. The van der Waals surface area contributed by atoms with Gasteiger partial charge in [0.1, 0.15) is 35.9 Å². The lowest BCUT2D eigenvalue weighted by molar-refractivity contribution is -0.138. The van der Waals surface area contributed by atoms with Crippen LogP contribution in [0.15, 0.2) is 122 Å². The zero-order valence-corrected chi connectivity index (χ0v) is 45.2. The summed E-state index contributed by atoms with van der Waals surface area (Å²) >= 11 is 5.89. The van der Waals surface area contributed by atoms with E-state index >= 15 is 0 Å². The van der Waals surface area contributed by atoms with Crippen LogP contribution in [0.4, 0.5) is 72.6 Å². The molecule has 27 heteroatoms. The average molecular weight is 1170 g/mol. The lowest BCUT2D eigenvalue weighted by Crippen LogP contribution is -2.39. The van der Waals surface area contributed by atoms with Crippen LogP contribution >= 0.6 is 11.6 Å². The summed E-state index contributed by atoms with van der Waals surface area (Å²) in [5.41, 5.74) is 0.537. The highest BCUT2D eigenvalue weighted by Crippen LogP contribution is 2.37. The summed E-state index contributed by atoms with van der Waals surface area (Å²) in [6, 6.07) is 20.5. The molecule has 2 amide bonds. The van der Waals surface area contributed by atoms with Gasteiger partial charge in [0.15, 0.2) is 0 Å². The molecule has 20 nitrogen and oxygen atoms in total. The third-order valence-corrected chi connectivity index (χ3v) is 13.9. The normalized spacial score (nSPS) is 14.3. The molecular weight excluding hydrogens is 1110 g/mol. The molecule has 4 aromatic carbocycles. The van der Waals surface area contributed by atoms with Crippen LogP contribution < -0.4 is 31.9 Å². The first-order valence-corrected chi connectivity index (χ1v) is 26.7. The maximum atomic E-state index is 14.0. The number of amides is 2. The number of imidazole rings is 2. The fraction of sp³-hybridized carbons (Fsp3) is 0.286. The summed E-state index contributed by atoms with van der Waals surface area (Å²) < 4.78 is 96.7. The number of carbonyl (C=O) groups is 2. The Morgan fingerprint density at radius 1 is 0.627 bits per heavy atom. The number of alkyl halides is 6. The number of nitrogens with zero attached hydrogens (tertiary/aromatic N) is 10. The van der Waals surface area contributed by atoms with E-state index in [0.29, 0.717) is 91.0 Å². The Labute approximate surface area is 476 Å². The Hall–Kier alpha value is -8.69. The predicted molar refractivity (Wildman–Crippen MR) is 301 cm³/mol. The van der Waals surface area contributed by atoms with Crippen LogP contribution in [0.5, 0.6) is 0 Å². The van der Waals surface area contributed by atoms with Crippen LogP contribution in [0.25, 0.3) is 11.6 Å². The number of benzene rings is 4. The van der Waals surface area contributed by atoms with E-state index in [1.165, 1.54) is 43.0 Å². The van der Waals surface area contributed by atoms with Gasteiger partial charge < -0.3 is 41.4 Å². The minimum absolute atomic E-state index is 0.0445. The van der Waals surface area contributed by atoms with E-state index in [0.717, 1.165) is 63.5 Å². The fourth-order valence-corrected chi connectivity index (χ4v) is 9.39. The molecule has 4 aromatic heterocycles. The number of hydrogen-bond acceptors (Lipinski definition) is 16. The van der Waals surface area contributed by atoms with Gasteiger partial charge in [-0.2, -0.15) is 26.3 Å². The Balaban J connectivity index is 0.976. The molecule has 2 aliphatic rings. The number of aromatic nitrogens is 8. The fourth-order valence-electron chi connectivity index (χ4n) is 9.16. The van der Waals surface area contributed by atoms with Crippen LogP contribution in [-0.4, -0.2) is 139 Å². The van der Waals surface area contributed by atoms with Crippen molar-refractivity contribution in [2.45, 2.75) is 25.7 Å². The topological polar surface area (TPSA) is 218 Å². The highest BCUT2D eigenvalue weighted by molar-refractivity contribution is 6.31. The van der Waals surface area contributed by atoms with Crippen LogP contribution in [0.1, 0.15) is 48.7 Å². The molecule has 0 aliphatic carbocycles. The van der Waals surface area contributed by atoms with Gasteiger partial charge in [0.25, 0.3) is 11.8 Å². The largest absolute Gasteiger partial charge is 0.417 e. The van der Waals surface area contributed by atoms with Gasteiger partial charge in [0.05, 0.1) is 48.3 Å². The molecule has 0 atom stereocenters. The second kappa shape index (κ2) is 25.6. The Kier molecular flexibility index (Phi) is 17.8. The van der Waals surface area contributed by atoms with Crippen LogP contribution in [-0.2, 0) is 28.2 Å². The third kappa shape index (κ3) is 14.9. The third-order valence-electron chi connectivity index (χ3n) is 13.6. The molecule has 2 saturated heterocycles. The summed E-state index contributed by atoms with van der Waals surface area (Å²) in [5, 5.41) is 18.0. The number of nitrogens with one attached hydrogen (secondary N) is 6. The quantitative estimate of drug-likeness (QED) is 0.0391. The Morgan fingerprint density at radius 2 is 1.22 bits per heavy atom. The minimum Gasteiger partial charge on any atom is -0.379 e. The maximum absolute atomic E-state index is 14.0. The second-order valence-corrected chi connectivity index (χ2v) is 19.7. The van der Waals surface area contributed by atoms with Crippen LogP contribution in [0, 0.1) is 6.92 Å². The van der Waals surface area contributed by atoms with Gasteiger partial charge in [0.2, 0.25) is 11.9 Å². The van der Waals surface area contributed by atoms with E-state index in [2.05, 4.69) is 66.6 Å². The van der Waals surface area contributed by atoms with E-state index < -0.39 is 40.3 Å². The lowest BCUT2D eigenvalue weighted by atomic mass is 10.0. The minimum atomic E-state index is -4.78. The summed E-state index contributed by atoms with van der Waals surface area (Å²) in [6.45, 7) is 10.4. The zero-order chi connectivity index (χ0) is 58.1. The van der Waals surface area contributed by atoms with Crippen LogP contribution in [0.2, 0.25) is 5.02 Å². The standard InChI is InChI=1S/C56H55ClF6N16O4/c1-35-5-6-37(51(80)71-40-4-2-3-39(28-40)55(58,59)60)26-45(35)74-54-73-42(32-79(54)50-31-48(68-34-70-50)65-12-15-77-19-23-83-24-20-77)25-36-7-8-38(52(81)72-41-9-10-44(57)43(29-41)56(61,62)63)27-46(36)75-53-66-13-16-78(53)49-30-47(67-33-69-49)64-11-14-76-17-21-82-22-18-76/h2-10,13,16,26-34H,11-12,14-15,17-25H2,1H3,(H,66,75)(H,71,80)(H,72,81)(H,73,74)(H,64,67,69)(H,65,68,70). The molecule has 0 bridgehead atoms. The van der Waals surface area contributed by atoms with E-state index in [1.54, 1.807) is 71.0 Å². The molecule has 6 N–H and O–H groups in total. The van der Waals surface area contributed by atoms with Gasteiger partial charge in [0, 0.05) is 123 Å². The molecule has 83 heavy (non-hydrogen) atoms. The molecule has 0 radical (unpaired) electrons. The highest BCUT2D eigenvalue weighted by atomic mass is 35.5. The lowest BCUT2D eigenvalue weighted by Gasteiger charge is -2.26. The molecule has 0 unspecified atom stereocenters. The van der Waals surface area contributed by atoms with Gasteiger partial charge in [-0.25, -0.2) is 29.9 Å². The van der Waals surface area contributed by atoms with Crippen molar-refractivity contribution in [3.8, 4) is 11.6 Å². The Bertz CT molecular complexity index is 3590. The van der Waals surface area contributed by atoms with E-state index in [1.807, 2.05) is 0 Å². The molecule has 432 valence electrons. The number of anilines is 8. The summed E-state index contributed by atoms with van der Waals surface area (Å²) in [7, 11) is 0. The average Bonchev–Trinajstić information content (AvgIpc) is 4.37. The number of morpholine rings is 2. The first kappa shape index (κ1) is 57.5. The summed E-state index contributed by atoms with van der Waals surface area (Å²) in [5.74, 6) is 1.09. The molecule has 6 heterocycles. The van der Waals surface area contributed by atoms with E-state index in [-0.39, 0.29) is 40.8 Å². The summed E-state index contributed by atoms with van der Waals surface area (Å²) in [6.07, 6.45) is -1.48. The highest BCUT2D eigenvalue weighted by Gasteiger charge is 2.34. The second-order valence-electron chi connectivity index (χ2n) is 19.3. The van der Waals surface area contributed by atoms with Crippen molar-refractivity contribution in [2.75, 3.05) is 111 Å². The van der Waals surface area contributed by atoms with Gasteiger partial charge in [-0.15, -0.1) is 0 Å². The number of ether oxygens (including phenoxy) is 2. The van der Waals surface area contributed by atoms with Gasteiger partial charge >= 0.3 is 12.4 Å². The van der Waals surface area contributed by atoms with Crippen molar-refractivity contribution in [1.82, 2.24) is 48.8 Å². The molecule has 0 saturated carbocycles. The SMILES string of the molecule is Cc1ccc(C(=O)Nc2cccc(C(F)(F)F)c2)cc1Nc1nc(Cc2ccc(C(=O)Nc3ccc(Cl)c(C(F)(F)F)c3)cc2Nc2nccn2-c2cc(NCCN3CCOCC3)ncn2)cn1-c1cc(NCCN2CCOCC2)ncn1. The molecule has 8 aromatic rings. The van der Waals surface area contributed by atoms with Crippen molar-refractivity contribution in [3.63, 3.8) is 0 Å². The molecule has 10 rings (SSSR count). The van der Waals surface area contributed by atoms with Crippen molar-refractivity contribution in [3.05, 3.63) is 166 Å². The van der Waals surface area contributed by atoms with E-state index in [4.69, 9.17) is 26.1 Å². The molecule has 2 fully saturated rings.